The van der Waals surface area contributed by atoms with Crippen LogP contribution in [-0.4, -0.2) is 18.5 Å². The molecule has 0 aliphatic heterocycles. The number of hydrogen-bond donors (Lipinski definition) is 6. The van der Waals surface area contributed by atoms with Gasteiger partial charge in [-0.2, -0.15) is 0 Å². The zero-order valence-electron chi connectivity index (χ0n) is 5.44. The van der Waals surface area contributed by atoms with Gasteiger partial charge in [-0.05, 0) is 0 Å². The zero-order valence-corrected chi connectivity index (χ0v) is 5.44. The molecule has 0 aliphatic carbocycles. The summed E-state index contributed by atoms with van der Waals surface area (Å²) >= 11 is 0. The molecule has 6 nitrogen and oxygen atoms in total. The van der Waals surface area contributed by atoms with Crippen LogP contribution in [0.15, 0.2) is 0 Å². The smallest absolute Gasteiger partial charge is 0.186 e. The lowest BCUT2D eigenvalue weighted by atomic mass is 10.6. The van der Waals surface area contributed by atoms with E-state index >= 15 is 0 Å². The van der Waals surface area contributed by atoms with Crippen molar-refractivity contribution < 1.29 is 0 Å². The van der Waals surface area contributed by atoms with Crippen molar-refractivity contribution in [3.05, 3.63) is 6.54 Å². The zero-order chi connectivity index (χ0) is 7.98. The summed E-state index contributed by atoms with van der Waals surface area (Å²) in [6.45, 7) is 1.86. The fourth-order valence-electron chi connectivity index (χ4n) is 0.322. The molecule has 0 unspecified atom stereocenters. The summed E-state index contributed by atoms with van der Waals surface area (Å²) in [4.78, 5) is 0. The van der Waals surface area contributed by atoms with E-state index in [0.29, 0.717) is 6.54 Å². The maximum atomic E-state index is 6.71. The first-order valence-electron chi connectivity index (χ1n) is 2.63. The molecule has 0 rings (SSSR count). The Labute approximate surface area is 59.0 Å². The monoisotopic (exact) mass is 143 g/mol. The number of rotatable bonds is 3. The highest BCUT2D eigenvalue weighted by molar-refractivity contribution is 5.76. The minimum atomic E-state index is -0.134. The second-order valence-electron chi connectivity index (χ2n) is 1.56. The summed E-state index contributed by atoms with van der Waals surface area (Å²) in [5.41, 5.74) is 9.89. The second-order valence-corrected chi connectivity index (χ2v) is 1.56. The molecule has 6 heteroatoms. The summed E-state index contributed by atoms with van der Waals surface area (Å²) in [5, 5.41) is 18.3. The summed E-state index contributed by atoms with van der Waals surface area (Å²) in [5.74, 6) is -0.244. The van der Waals surface area contributed by atoms with E-state index in [1.54, 1.807) is 0 Å². The average Bonchev–Trinajstić information content (AvgIpc) is 1.79. The van der Waals surface area contributed by atoms with Crippen LogP contribution < -0.4 is 22.1 Å². The molecule has 0 aliphatic rings. The van der Waals surface area contributed by atoms with Gasteiger partial charge in [-0.3, -0.25) is 10.8 Å². The van der Waals surface area contributed by atoms with E-state index in [1.807, 2.05) is 0 Å². The minimum Gasteiger partial charge on any atom is -0.370 e. The Morgan fingerprint density at radius 3 is 2.30 bits per heavy atom. The first-order valence-corrected chi connectivity index (χ1v) is 2.63. The van der Waals surface area contributed by atoms with Crippen molar-refractivity contribution in [2.75, 3.05) is 6.54 Å². The van der Waals surface area contributed by atoms with Crippen molar-refractivity contribution in [1.82, 2.24) is 10.6 Å². The van der Waals surface area contributed by atoms with Gasteiger partial charge in [0.25, 0.3) is 0 Å². The third kappa shape index (κ3) is 6.54. The van der Waals surface area contributed by atoms with Crippen molar-refractivity contribution >= 4 is 11.9 Å². The van der Waals surface area contributed by atoms with Crippen LogP contribution in [0, 0.1) is 17.4 Å². The van der Waals surface area contributed by atoms with Crippen LogP contribution in [0.2, 0.25) is 0 Å². The standard InChI is InChI=1S/C4H11N6/c5-3(6)9-1-2-10-4(7)8/h1H,2H2,(H4,5,6,9)(H4,7,8,10). The van der Waals surface area contributed by atoms with E-state index in [-0.39, 0.29) is 11.9 Å². The Bertz CT molecular complexity index is 114. The first kappa shape index (κ1) is 8.54. The van der Waals surface area contributed by atoms with Crippen LogP contribution >= 0.6 is 0 Å². The Kier molecular flexibility index (Phi) is 3.78. The number of nitrogens with one attached hydrogen (secondary N) is 4. The largest absolute Gasteiger partial charge is 0.370 e. The van der Waals surface area contributed by atoms with Gasteiger partial charge < -0.3 is 22.1 Å². The van der Waals surface area contributed by atoms with Crippen molar-refractivity contribution in [3.63, 3.8) is 0 Å². The highest BCUT2D eigenvalue weighted by Gasteiger charge is 1.88. The van der Waals surface area contributed by atoms with Crippen molar-refractivity contribution in [3.8, 4) is 0 Å². The lowest BCUT2D eigenvalue weighted by Gasteiger charge is -2.03. The molecule has 0 amide bonds. The lowest BCUT2D eigenvalue weighted by Crippen LogP contribution is -2.36. The molecule has 10 heavy (non-hydrogen) atoms. The molecule has 0 saturated carbocycles. The van der Waals surface area contributed by atoms with E-state index in [2.05, 4.69) is 10.6 Å². The van der Waals surface area contributed by atoms with Gasteiger partial charge in [0.05, 0.1) is 6.54 Å². The molecule has 0 aromatic rings. The van der Waals surface area contributed by atoms with Crippen LogP contribution in [0.25, 0.3) is 0 Å². The maximum Gasteiger partial charge on any atom is 0.186 e. The summed E-state index contributed by atoms with van der Waals surface area (Å²) < 4.78 is 0. The number of nitrogens with two attached hydrogens (primary N) is 2. The third-order valence-electron chi connectivity index (χ3n) is 0.652. The van der Waals surface area contributed by atoms with Crippen LogP contribution in [-0.2, 0) is 0 Å². The van der Waals surface area contributed by atoms with Gasteiger partial charge in [0.2, 0.25) is 0 Å². The molecule has 8 N–H and O–H groups in total. The van der Waals surface area contributed by atoms with Crippen molar-refractivity contribution in [2.24, 2.45) is 11.5 Å². The van der Waals surface area contributed by atoms with Gasteiger partial charge in [-0.15, -0.1) is 0 Å². The van der Waals surface area contributed by atoms with Crippen LogP contribution in [0.3, 0.4) is 0 Å². The van der Waals surface area contributed by atoms with Gasteiger partial charge in [-0.1, -0.05) is 0 Å². The minimum absolute atomic E-state index is 0.110. The molecule has 0 saturated heterocycles. The quantitative estimate of drug-likeness (QED) is 0.157. The van der Waals surface area contributed by atoms with Gasteiger partial charge in [-0.25, -0.2) is 0 Å². The molecular formula is C4H11N6. The average molecular weight is 143 g/mol. The highest BCUT2D eigenvalue weighted by Crippen LogP contribution is 1.62. The molecule has 0 atom stereocenters. The SMILES string of the molecule is N=C(N)N[CH]CNC(=N)N. The molecule has 0 aromatic heterocycles. The summed E-state index contributed by atoms with van der Waals surface area (Å²) in [6, 6.07) is 0. The third-order valence-corrected chi connectivity index (χ3v) is 0.652. The van der Waals surface area contributed by atoms with Crippen molar-refractivity contribution in [2.45, 2.75) is 0 Å². The normalized spacial score (nSPS) is 8.40. The molecule has 0 spiro atoms. The van der Waals surface area contributed by atoms with Gasteiger partial charge >= 0.3 is 0 Å². The van der Waals surface area contributed by atoms with Crippen LogP contribution in [0.5, 0.6) is 0 Å². The predicted octanol–water partition coefficient (Wildman–Crippen LogP) is -1.89. The van der Waals surface area contributed by atoms with E-state index in [4.69, 9.17) is 22.3 Å². The molecular weight excluding hydrogens is 132 g/mol. The number of hydrogen-bond acceptors (Lipinski definition) is 2. The summed E-state index contributed by atoms with van der Waals surface area (Å²) in [7, 11) is 0. The van der Waals surface area contributed by atoms with E-state index in [0.717, 1.165) is 0 Å². The fraction of sp³-hybridized carbons (Fsp3) is 0.250. The Morgan fingerprint density at radius 1 is 1.30 bits per heavy atom. The molecule has 0 bridgehead atoms. The van der Waals surface area contributed by atoms with E-state index < -0.39 is 0 Å². The molecule has 0 aromatic carbocycles. The molecule has 0 fully saturated rings. The van der Waals surface area contributed by atoms with Gasteiger partial charge in [0, 0.05) is 6.54 Å². The Balaban J connectivity index is 3.06. The van der Waals surface area contributed by atoms with E-state index in [9.17, 15) is 0 Å². The Morgan fingerprint density at radius 2 is 1.90 bits per heavy atom. The Hall–Kier alpha value is -1.46. The van der Waals surface area contributed by atoms with E-state index in [1.165, 1.54) is 6.54 Å². The first-order chi connectivity index (χ1) is 4.63. The second kappa shape index (κ2) is 4.42. The lowest BCUT2D eigenvalue weighted by molar-refractivity contribution is 0.891. The number of guanidine groups is 2. The summed E-state index contributed by atoms with van der Waals surface area (Å²) in [6.07, 6.45) is 0. The van der Waals surface area contributed by atoms with Crippen LogP contribution in [0.4, 0.5) is 0 Å². The predicted molar refractivity (Wildman–Crippen MR) is 39.3 cm³/mol. The van der Waals surface area contributed by atoms with Gasteiger partial charge in [0.1, 0.15) is 0 Å². The topological polar surface area (TPSA) is 124 Å². The molecule has 57 valence electrons. The van der Waals surface area contributed by atoms with Crippen molar-refractivity contribution in [1.29, 1.82) is 10.8 Å². The fourth-order valence-corrected chi connectivity index (χ4v) is 0.322. The van der Waals surface area contributed by atoms with Gasteiger partial charge in [0.15, 0.2) is 11.9 Å². The molecule has 0 heterocycles. The highest BCUT2D eigenvalue weighted by atomic mass is 15.1. The maximum absolute atomic E-state index is 6.71. The molecule has 1 radical (unpaired) electrons. The van der Waals surface area contributed by atoms with Crippen LogP contribution in [0.1, 0.15) is 0 Å².